The number of hydrogen-bond donors (Lipinski definition) is 1. The summed E-state index contributed by atoms with van der Waals surface area (Å²) < 4.78 is 5.76. The van der Waals surface area contributed by atoms with Gasteiger partial charge < -0.3 is 15.4 Å². The van der Waals surface area contributed by atoms with Gasteiger partial charge in [-0.05, 0) is 62.3 Å². The van der Waals surface area contributed by atoms with Gasteiger partial charge in [0.05, 0.1) is 16.7 Å². The van der Waals surface area contributed by atoms with Gasteiger partial charge in [-0.1, -0.05) is 23.2 Å². The number of halogens is 3. The van der Waals surface area contributed by atoms with Crippen LogP contribution in [0.4, 0.5) is 0 Å². The number of rotatable bonds is 6. The summed E-state index contributed by atoms with van der Waals surface area (Å²) in [5, 5.41) is 1.25. The normalized spacial score (nSPS) is 21.8. The topological polar surface area (TPSA) is 38.5 Å². The summed E-state index contributed by atoms with van der Waals surface area (Å²) in [6.07, 6.45) is 5.78. The fourth-order valence-electron chi connectivity index (χ4n) is 2.96. The van der Waals surface area contributed by atoms with Crippen LogP contribution < -0.4 is 10.5 Å². The zero-order chi connectivity index (χ0) is 15.5. The van der Waals surface area contributed by atoms with Crippen molar-refractivity contribution in [2.45, 2.75) is 38.1 Å². The number of nitrogens with zero attached hydrogens (tertiary/aromatic N) is 1. The van der Waals surface area contributed by atoms with E-state index in [-0.39, 0.29) is 12.4 Å². The molecule has 0 radical (unpaired) electrons. The third kappa shape index (κ3) is 5.68. The lowest BCUT2D eigenvalue weighted by atomic mass is 10.1. The fraction of sp³-hybridized carbons (Fsp3) is 0.647. The van der Waals surface area contributed by atoms with Crippen LogP contribution in [0, 0.1) is 5.92 Å². The number of benzene rings is 1. The summed E-state index contributed by atoms with van der Waals surface area (Å²) in [4.78, 5) is 2.42. The highest BCUT2D eigenvalue weighted by Crippen LogP contribution is 2.37. The molecule has 1 aliphatic heterocycles. The van der Waals surface area contributed by atoms with E-state index < -0.39 is 0 Å². The van der Waals surface area contributed by atoms with Crippen LogP contribution in [-0.2, 0) is 6.42 Å². The van der Waals surface area contributed by atoms with E-state index >= 15 is 0 Å². The molecule has 0 aromatic heterocycles. The number of likely N-dealkylation sites (tertiary alicyclic amines) is 1. The summed E-state index contributed by atoms with van der Waals surface area (Å²) in [5.41, 5.74) is 7.18. The maximum atomic E-state index is 6.34. The molecule has 3 nitrogen and oxygen atoms in total. The van der Waals surface area contributed by atoms with Gasteiger partial charge in [-0.3, -0.25) is 0 Å². The SMILES string of the molecule is Cl.N[C@@H]1CCCN(CCc2cc(Cl)c(OCC3CC3)c(Cl)c2)C1. The lowest BCUT2D eigenvalue weighted by molar-refractivity contribution is 0.211. The minimum atomic E-state index is 0. The molecule has 1 aromatic carbocycles. The lowest BCUT2D eigenvalue weighted by Crippen LogP contribution is -2.43. The van der Waals surface area contributed by atoms with Crippen molar-refractivity contribution in [2.75, 3.05) is 26.2 Å². The van der Waals surface area contributed by atoms with Gasteiger partial charge in [0.15, 0.2) is 5.75 Å². The molecule has 1 aromatic rings. The first kappa shape index (κ1) is 19.1. The van der Waals surface area contributed by atoms with Gasteiger partial charge in [-0.2, -0.15) is 0 Å². The first-order valence-corrected chi connectivity index (χ1v) is 8.96. The molecule has 130 valence electrons. The van der Waals surface area contributed by atoms with Crippen molar-refractivity contribution >= 4 is 35.6 Å². The van der Waals surface area contributed by atoms with E-state index in [4.69, 9.17) is 33.7 Å². The molecule has 23 heavy (non-hydrogen) atoms. The van der Waals surface area contributed by atoms with E-state index in [0.29, 0.717) is 27.8 Å². The van der Waals surface area contributed by atoms with Crippen molar-refractivity contribution in [1.29, 1.82) is 0 Å². The van der Waals surface area contributed by atoms with Crippen LogP contribution in [-0.4, -0.2) is 37.2 Å². The highest BCUT2D eigenvalue weighted by molar-refractivity contribution is 6.37. The highest BCUT2D eigenvalue weighted by atomic mass is 35.5. The van der Waals surface area contributed by atoms with E-state index in [9.17, 15) is 0 Å². The van der Waals surface area contributed by atoms with Gasteiger partial charge >= 0.3 is 0 Å². The molecule has 6 heteroatoms. The molecule has 0 bridgehead atoms. The second-order valence-corrected chi connectivity index (χ2v) is 7.41. The largest absolute Gasteiger partial charge is 0.490 e. The van der Waals surface area contributed by atoms with Gasteiger partial charge in [-0.25, -0.2) is 0 Å². The van der Waals surface area contributed by atoms with E-state index in [1.807, 2.05) is 12.1 Å². The van der Waals surface area contributed by atoms with Crippen LogP contribution >= 0.6 is 35.6 Å². The van der Waals surface area contributed by atoms with Crippen LogP contribution in [0.3, 0.4) is 0 Å². The number of nitrogens with two attached hydrogens (primary N) is 1. The summed E-state index contributed by atoms with van der Waals surface area (Å²) in [6, 6.07) is 4.29. The molecule has 1 saturated heterocycles. The average Bonchev–Trinajstić information content (AvgIpc) is 3.28. The van der Waals surface area contributed by atoms with Crippen molar-refractivity contribution in [2.24, 2.45) is 11.7 Å². The molecular weight excluding hydrogens is 355 g/mol. The summed E-state index contributed by atoms with van der Waals surface area (Å²) in [6.45, 7) is 3.86. The average molecular weight is 380 g/mol. The minimum Gasteiger partial charge on any atom is -0.490 e. The first-order chi connectivity index (χ1) is 10.6. The third-order valence-electron chi connectivity index (χ3n) is 4.48. The van der Waals surface area contributed by atoms with E-state index in [0.717, 1.165) is 44.6 Å². The van der Waals surface area contributed by atoms with Crippen molar-refractivity contribution in [1.82, 2.24) is 4.90 Å². The third-order valence-corrected chi connectivity index (χ3v) is 5.04. The second-order valence-electron chi connectivity index (χ2n) is 6.60. The highest BCUT2D eigenvalue weighted by Gasteiger charge is 2.23. The van der Waals surface area contributed by atoms with Gasteiger partial charge in [-0.15, -0.1) is 12.4 Å². The Bertz CT molecular complexity index is 500. The zero-order valence-corrected chi connectivity index (χ0v) is 15.6. The van der Waals surface area contributed by atoms with Gasteiger partial charge in [0.25, 0.3) is 0 Å². The Hall–Kier alpha value is -0.190. The van der Waals surface area contributed by atoms with Gasteiger partial charge in [0, 0.05) is 19.1 Å². The standard InChI is InChI=1S/C17H24Cl2N2O.ClH/c18-15-8-13(5-7-21-6-1-2-14(20)10-21)9-16(19)17(15)22-11-12-3-4-12;/h8-9,12,14H,1-7,10-11,20H2;1H/t14-;/m1./s1. The summed E-state index contributed by atoms with van der Waals surface area (Å²) >= 11 is 12.7. The number of hydrogen-bond acceptors (Lipinski definition) is 3. The lowest BCUT2D eigenvalue weighted by Gasteiger charge is -2.30. The van der Waals surface area contributed by atoms with Crippen LogP contribution in [0.5, 0.6) is 5.75 Å². The Kier molecular flexibility index (Phi) is 7.30. The Labute approximate surface area is 154 Å². The monoisotopic (exact) mass is 378 g/mol. The Morgan fingerprint density at radius 2 is 1.87 bits per heavy atom. The summed E-state index contributed by atoms with van der Waals surface area (Å²) in [7, 11) is 0. The molecule has 1 aliphatic carbocycles. The minimum absolute atomic E-state index is 0. The summed E-state index contributed by atoms with van der Waals surface area (Å²) in [5.74, 6) is 1.33. The van der Waals surface area contributed by atoms with Crippen molar-refractivity contribution < 1.29 is 4.74 Å². The molecule has 3 rings (SSSR count). The molecule has 2 N–H and O–H groups in total. The Morgan fingerprint density at radius 1 is 1.17 bits per heavy atom. The first-order valence-electron chi connectivity index (χ1n) is 8.20. The molecule has 2 aliphatic rings. The predicted octanol–water partition coefficient (Wildman–Crippen LogP) is 4.17. The maximum absolute atomic E-state index is 6.34. The van der Waals surface area contributed by atoms with Crippen LogP contribution in [0.25, 0.3) is 0 Å². The molecule has 1 saturated carbocycles. The molecule has 0 unspecified atom stereocenters. The quantitative estimate of drug-likeness (QED) is 0.806. The number of piperidine rings is 1. The molecule has 1 atom stereocenters. The van der Waals surface area contributed by atoms with E-state index in [1.165, 1.54) is 19.3 Å². The van der Waals surface area contributed by atoms with Crippen LogP contribution in [0.15, 0.2) is 12.1 Å². The zero-order valence-electron chi connectivity index (χ0n) is 13.3. The van der Waals surface area contributed by atoms with Crippen molar-refractivity contribution in [3.05, 3.63) is 27.7 Å². The van der Waals surface area contributed by atoms with Gasteiger partial charge in [0.2, 0.25) is 0 Å². The number of ether oxygens (including phenoxy) is 1. The van der Waals surface area contributed by atoms with Crippen LogP contribution in [0.2, 0.25) is 10.0 Å². The molecular formula is C17H25Cl3N2O. The van der Waals surface area contributed by atoms with E-state index in [2.05, 4.69) is 4.90 Å². The fourth-order valence-corrected chi connectivity index (χ4v) is 3.60. The molecule has 0 amide bonds. The molecule has 1 heterocycles. The van der Waals surface area contributed by atoms with Gasteiger partial charge in [0.1, 0.15) is 0 Å². The van der Waals surface area contributed by atoms with Crippen molar-refractivity contribution in [3.63, 3.8) is 0 Å². The maximum Gasteiger partial charge on any atom is 0.156 e. The van der Waals surface area contributed by atoms with E-state index in [1.54, 1.807) is 0 Å². The predicted molar refractivity (Wildman–Crippen MR) is 99.3 cm³/mol. The Balaban J connectivity index is 0.00000192. The molecule has 2 fully saturated rings. The second kappa shape index (κ2) is 8.77. The Morgan fingerprint density at radius 3 is 2.48 bits per heavy atom. The van der Waals surface area contributed by atoms with Crippen molar-refractivity contribution in [3.8, 4) is 5.75 Å². The smallest absolute Gasteiger partial charge is 0.156 e. The van der Waals surface area contributed by atoms with Crippen LogP contribution in [0.1, 0.15) is 31.2 Å². The molecule has 0 spiro atoms.